The zero-order valence-corrected chi connectivity index (χ0v) is 18.5. The molecule has 0 radical (unpaired) electrons. The molecule has 2 aromatic carbocycles. The fraction of sp³-hybridized carbons (Fsp3) is 0.280. The molecule has 7 nitrogen and oxygen atoms in total. The maximum absolute atomic E-state index is 13.8. The van der Waals surface area contributed by atoms with Gasteiger partial charge in [-0.25, -0.2) is 8.78 Å². The average Bonchev–Trinajstić information content (AvgIpc) is 3.12. The maximum atomic E-state index is 13.8. The van der Waals surface area contributed by atoms with Gasteiger partial charge in [-0.1, -0.05) is 18.2 Å². The van der Waals surface area contributed by atoms with Crippen molar-refractivity contribution in [1.29, 1.82) is 5.26 Å². The molecule has 2 atom stereocenters. The summed E-state index contributed by atoms with van der Waals surface area (Å²) < 4.78 is 29.0. The van der Waals surface area contributed by atoms with E-state index in [2.05, 4.69) is 10.4 Å². The second-order valence-corrected chi connectivity index (χ2v) is 9.02. The summed E-state index contributed by atoms with van der Waals surface area (Å²) >= 11 is 0. The molecule has 1 aliphatic heterocycles. The number of aromatic nitrogens is 2. The van der Waals surface area contributed by atoms with E-state index in [-0.39, 0.29) is 23.7 Å². The minimum Gasteiger partial charge on any atom is -0.322 e. The molecule has 3 aromatic rings. The lowest BCUT2D eigenvalue weighted by Crippen LogP contribution is -2.47. The van der Waals surface area contributed by atoms with Gasteiger partial charge in [-0.2, -0.15) is 10.4 Å². The molecule has 172 valence electrons. The number of rotatable bonds is 4. The van der Waals surface area contributed by atoms with E-state index in [9.17, 15) is 18.4 Å². The van der Waals surface area contributed by atoms with Gasteiger partial charge in [0, 0.05) is 17.8 Å². The molecular weight excluding hydrogens is 440 g/mol. The predicted molar refractivity (Wildman–Crippen MR) is 121 cm³/mol. The van der Waals surface area contributed by atoms with Gasteiger partial charge in [-0.3, -0.25) is 14.3 Å². The summed E-state index contributed by atoms with van der Waals surface area (Å²) in [5, 5.41) is 16.0. The van der Waals surface area contributed by atoms with Crippen LogP contribution in [-0.2, 0) is 12.0 Å². The molecule has 0 spiro atoms. The molecule has 1 saturated carbocycles. The number of nitrogens with one attached hydrogen (secondary N) is 1. The van der Waals surface area contributed by atoms with E-state index in [4.69, 9.17) is 5.26 Å². The Bertz CT molecular complexity index is 1360. The summed E-state index contributed by atoms with van der Waals surface area (Å²) in [5.74, 6) is -3.63. The third-order valence-electron chi connectivity index (χ3n) is 6.67. The molecule has 5 rings (SSSR count). The molecule has 1 aliphatic carbocycles. The van der Waals surface area contributed by atoms with Crippen molar-refractivity contribution in [2.45, 2.75) is 44.2 Å². The van der Waals surface area contributed by atoms with Crippen molar-refractivity contribution in [1.82, 2.24) is 9.78 Å². The summed E-state index contributed by atoms with van der Waals surface area (Å²) in [7, 11) is 0. The van der Waals surface area contributed by atoms with Crippen molar-refractivity contribution in [3.8, 4) is 6.07 Å². The van der Waals surface area contributed by atoms with Gasteiger partial charge < -0.3 is 10.2 Å². The van der Waals surface area contributed by atoms with Crippen LogP contribution in [0.2, 0.25) is 0 Å². The van der Waals surface area contributed by atoms with Crippen LogP contribution < -0.4 is 10.2 Å². The second-order valence-electron chi connectivity index (χ2n) is 9.02. The number of carbonyl (C=O) groups is 2. The van der Waals surface area contributed by atoms with Crippen LogP contribution in [0.4, 0.5) is 20.2 Å². The van der Waals surface area contributed by atoms with Crippen molar-refractivity contribution < 1.29 is 18.4 Å². The van der Waals surface area contributed by atoms with Crippen molar-refractivity contribution >= 4 is 23.2 Å². The summed E-state index contributed by atoms with van der Waals surface area (Å²) in [4.78, 5) is 28.0. The van der Waals surface area contributed by atoms with Gasteiger partial charge in [0.05, 0.1) is 41.4 Å². The number of nitrogens with zero attached hydrogens (tertiary/aromatic N) is 4. The average molecular weight is 461 g/mol. The lowest BCUT2D eigenvalue weighted by molar-refractivity contribution is 0.0917. The SMILES string of the molecule is C[C@H]1Cn2ncc(C(=O)Nc3cccc(C#N)c3)c2C(=O)N1c1ccc(C2(C)CC2(F)F)cc1. The van der Waals surface area contributed by atoms with Crippen LogP contribution in [0.1, 0.15) is 52.2 Å². The Balaban J connectivity index is 1.42. The van der Waals surface area contributed by atoms with Gasteiger partial charge >= 0.3 is 0 Å². The Morgan fingerprint density at radius 2 is 1.94 bits per heavy atom. The van der Waals surface area contributed by atoms with Crippen LogP contribution in [0.15, 0.2) is 54.7 Å². The monoisotopic (exact) mass is 461 g/mol. The van der Waals surface area contributed by atoms with E-state index >= 15 is 0 Å². The Kier molecular flexibility index (Phi) is 4.79. The zero-order valence-electron chi connectivity index (χ0n) is 18.5. The van der Waals surface area contributed by atoms with Gasteiger partial charge in [0.1, 0.15) is 5.69 Å². The smallest absolute Gasteiger partial charge is 0.277 e. The molecule has 1 unspecified atom stereocenters. The number of hydrogen-bond donors (Lipinski definition) is 1. The molecule has 1 N–H and O–H groups in total. The number of fused-ring (bicyclic) bond motifs is 1. The summed E-state index contributed by atoms with van der Waals surface area (Å²) in [6.07, 6.45) is 1.17. The first kappa shape index (κ1) is 21.8. The number of hydrogen-bond acceptors (Lipinski definition) is 4. The largest absolute Gasteiger partial charge is 0.322 e. The lowest BCUT2D eigenvalue weighted by Gasteiger charge is -2.34. The van der Waals surface area contributed by atoms with Crippen LogP contribution in [0.3, 0.4) is 0 Å². The first-order valence-corrected chi connectivity index (χ1v) is 10.8. The van der Waals surface area contributed by atoms with Crippen LogP contribution in [0, 0.1) is 11.3 Å². The summed E-state index contributed by atoms with van der Waals surface area (Å²) in [6.45, 7) is 3.77. The van der Waals surface area contributed by atoms with Crippen molar-refractivity contribution in [2.24, 2.45) is 0 Å². The number of alkyl halides is 2. The van der Waals surface area contributed by atoms with E-state index in [0.717, 1.165) is 0 Å². The normalized spacial score (nSPS) is 22.6. The molecule has 0 saturated heterocycles. The molecule has 2 heterocycles. The van der Waals surface area contributed by atoms with E-state index in [1.807, 2.05) is 13.0 Å². The maximum Gasteiger partial charge on any atom is 0.277 e. The minimum absolute atomic E-state index is 0.117. The molecule has 1 aromatic heterocycles. The van der Waals surface area contributed by atoms with Crippen LogP contribution >= 0.6 is 0 Å². The highest BCUT2D eigenvalue weighted by Crippen LogP contribution is 2.61. The summed E-state index contributed by atoms with van der Waals surface area (Å²) in [5.41, 5.74) is 1.02. The molecule has 2 amide bonds. The Hall–Kier alpha value is -4.06. The second kappa shape index (κ2) is 7.48. The fourth-order valence-electron chi connectivity index (χ4n) is 4.50. The van der Waals surface area contributed by atoms with Gasteiger partial charge in [0.2, 0.25) is 0 Å². The van der Waals surface area contributed by atoms with Gasteiger partial charge in [0.25, 0.3) is 17.7 Å². The van der Waals surface area contributed by atoms with Crippen molar-refractivity contribution in [2.75, 3.05) is 10.2 Å². The molecule has 2 aliphatic rings. The zero-order chi connectivity index (χ0) is 24.3. The van der Waals surface area contributed by atoms with Gasteiger partial charge in [-0.05, 0) is 49.7 Å². The Labute approximate surface area is 194 Å². The van der Waals surface area contributed by atoms with E-state index in [1.165, 1.54) is 23.9 Å². The number of anilines is 2. The number of halogens is 2. The van der Waals surface area contributed by atoms with E-state index < -0.39 is 23.2 Å². The first-order valence-electron chi connectivity index (χ1n) is 10.8. The number of carbonyl (C=O) groups excluding carboxylic acids is 2. The van der Waals surface area contributed by atoms with E-state index in [0.29, 0.717) is 29.0 Å². The fourth-order valence-corrected chi connectivity index (χ4v) is 4.50. The number of benzene rings is 2. The Morgan fingerprint density at radius 3 is 2.59 bits per heavy atom. The molecule has 0 bridgehead atoms. The highest BCUT2D eigenvalue weighted by atomic mass is 19.3. The summed E-state index contributed by atoms with van der Waals surface area (Å²) in [6, 6.07) is 14.8. The number of nitriles is 1. The third kappa shape index (κ3) is 3.34. The topological polar surface area (TPSA) is 91.0 Å². The standard InChI is InChI=1S/C25H21F2N5O2/c1-15-13-31-21(20(12-29-31)22(33)30-18-5-3-4-16(10-18)11-28)23(34)32(15)19-8-6-17(7-9-19)24(2)14-25(24,26)27/h3-10,12,15H,13-14H2,1-2H3,(H,30,33)/t15-,24?/m0/s1. The minimum atomic E-state index is -2.72. The first-order chi connectivity index (χ1) is 16.1. The quantitative estimate of drug-likeness (QED) is 0.625. The lowest BCUT2D eigenvalue weighted by atomic mass is 9.97. The highest BCUT2D eigenvalue weighted by Gasteiger charge is 2.68. The van der Waals surface area contributed by atoms with Gasteiger partial charge in [-0.15, -0.1) is 0 Å². The number of amides is 2. The Morgan fingerprint density at radius 1 is 1.24 bits per heavy atom. The molecule has 34 heavy (non-hydrogen) atoms. The molecule has 1 fully saturated rings. The van der Waals surface area contributed by atoms with Crippen LogP contribution in [0.25, 0.3) is 0 Å². The molecular formula is C25H21F2N5O2. The predicted octanol–water partition coefficient (Wildman–Crippen LogP) is 4.35. The van der Waals surface area contributed by atoms with Crippen LogP contribution in [-0.4, -0.2) is 33.6 Å². The molecule has 9 heteroatoms. The third-order valence-corrected chi connectivity index (χ3v) is 6.67. The van der Waals surface area contributed by atoms with E-state index in [1.54, 1.807) is 47.4 Å². The van der Waals surface area contributed by atoms with Crippen LogP contribution in [0.5, 0.6) is 0 Å². The van der Waals surface area contributed by atoms with Gasteiger partial charge in [0.15, 0.2) is 0 Å². The van der Waals surface area contributed by atoms with Crippen molar-refractivity contribution in [3.63, 3.8) is 0 Å². The van der Waals surface area contributed by atoms with Crippen molar-refractivity contribution in [3.05, 3.63) is 77.1 Å². The highest BCUT2D eigenvalue weighted by molar-refractivity contribution is 6.15.